The number of oxazole rings is 1. The highest BCUT2D eigenvalue weighted by molar-refractivity contribution is 6.35. The molecule has 0 saturated heterocycles. The van der Waals surface area contributed by atoms with Crippen molar-refractivity contribution < 1.29 is 9.21 Å². The number of amides is 1. The first-order valence-electron chi connectivity index (χ1n) is 8.34. The van der Waals surface area contributed by atoms with E-state index < -0.39 is 0 Å². The maximum atomic E-state index is 12.5. The van der Waals surface area contributed by atoms with Crippen molar-refractivity contribution in [2.45, 2.75) is 6.92 Å². The molecule has 1 N–H and O–H groups in total. The highest BCUT2D eigenvalue weighted by atomic mass is 35.5. The molecule has 1 aromatic heterocycles. The van der Waals surface area contributed by atoms with Gasteiger partial charge in [-0.3, -0.25) is 4.79 Å². The molecule has 140 valence electrons. The van der Waals surface area contributed by atoms with Gasteiger partial charge in [-0.25, -0.2) is 4.98 Å². The van der Waals surface area contributed by atoms with Crippen LogP contribution in [0.2, 0.25) is 15.1 Å². The number of carbonyl (C=O) groups is 1. The molecule has 1 amide bonds. The quantitative estimate of drug-likeness (QED) is 0.379. The molecule has 0 aliphatic carbocycles. The Bertz CT molecular complexity index is 1220. The zero-order chi connectivity index (χ0) is 19.8. The summed E-state index contributed by atoms with van der Waals surface area (Å²) in [5.41, 5.74) is 3.74. The van der Waals surface area contributed by atoms with Crippen molar-refractivity contribution in [1.82, 2.24) is 4.98 Å². The fourth-order valence-electron chi connectivity index (χ4n) is 2.72. The second-order valence-electron chi connectivity index (χ2n) is 6.24. The maximum Gasteiger partial charge on any atom is 0.255 e. The molecule has 0 unspecified atom stereocenters. The van der Waals surface area contributed by atoms with Crippen LogP contribution in [0.3, 0.4) is 0 Å². The molecular weight excluding hydrogens is 419 g/mol. The van der Waals surface area contributed by atoms with Crippen molar-refractivity contribution in [3.63, 3.8) is 0 Å². The number of aromatic nitrogens is 1. The second-order valence-corrected chi connectivity index (χ2v) is 7.49. The molecular formula is C21H13Cl3N2O2. The summed E-state index contributed by atoms with van der Waals surface area (Å²) in [6.45, 7) is 1.88. The van der Waals surface area contributed by atoms with Crippen LogP contribution in [0, 0.1) is 6.92 Å². The molecule has 4 rings (SSSR count). The van der Waals surface area contributed by atoms with Crippen LogP contribution in [0.25, 0.3) is 22.6 Å². The molecule has 0 aliphatic heterocycles. The topological polar surface area (TPSA) is 55.1 Å². The van der Waals surface area contributed by atoms with E-state index in [9.17, 15) is 4.79 Å². The molecule has 0 aliphatic rings. The monoisotopic (exact) mass is 430 g/mol. The van der Waals surface area contributed by atoms with Gasteiger partial charge in [-0.1, -0.05) is 40.9 Å². The zero-order valence-corrected chi connectivity index (χ0v) is 16.9. The third-order valence-electron chi connectivity index (χ3n) is 4.24. The number of aryl methyl sites for hydroxylation is 1. The molecule has 0 radical (unpaired) electrons. The molecule has 0 atom stereocenters. The number of halogens is 3. The van der Waals surface area contributed by atoms with Crippen LogP contribution in [0.15, 0.2) is 59.0 Å². The van der Waals surface area contributed by atoms with Gasteiger partial charge in [0.2, 0.25) is 5.89 Å². The number of carbonyl (C=O) groups excluding carboxylic acids is 1. The molecule has 0 spiro atoms. The van der Waals surface area contributed by atoms with Gasteiger partial charge in [0.05, 0.1) is 10.6 Å². The standard InChI is InChI=1S/C21H13Cl3N2O2/c1-11-2-3-12(8-17(11)24)20(27)25-14-5-7-19-18(10-14)26-21(28-19)15-9-13(22)4-6-16(15)23/h2-10H,1H3,(H,25,27). The summed E-state index contributed by atoms with van der Waals surface area (Å²) in [6.07, 6.45) is 0. The highest BCUT2D eigenvalue weighted by Gasteiger charge is 2.14. The number of nitrogens with zero attached hydrogens (tertiary/aromatic N) is 1. The molecule has 3 aromatic carbocycles. The van der Waals surface area contributed by atoms with Crippen molar-refractivity contribution >= 4 is 57.5 Å². The first kappa shape index (κ1) is 18.8. The van der Waals surface area contributed by atoms with Gasteiger partial charge in [-0.05, 0) is 61.0 Å². The van der Waals surface area contributed by atoms with Gasteiger partial charge < -0.3 is 9.73 Å². The smallest absolute Gasteiger partial charge is 0.255 e. The van der Waals surface area contributed by atoms with Crippen LogP contribution in [0.4, 0.5) is 5.69 Å². The summed E-state index contributed by atoms with van der Waals surface area (Å²) in [5, 5.41) is 4.40. The third kappa shape index (κ3) is 3.72. The summed E-state index contributed by atoms with van der Waals surface area (Å²) in [5.74, 6) is 0.0964. The number of hydrogen-bond donors (Lipinski definition) is 1. The largest absolute Gasteiger partial charge is 0.436 e. The molecule has 7 heteroatoms. The number of fused-ring (bicyclic) bond motifs is 1. The van der Waals surface area contributed by atoms with Gasteiger partial charge in [-0.15, -0.1) is 0 Å². The fraction of sp³-hybridized carbons (Fsp3) is 0.0476. The number of nitrogens with one attached hydrogen (secondary N) is 1. The van der Waals surface area contributed by atoms with Crippen molar-refractivity contribution in [2.24, 2.45) is 0 Å². The van der Waals surface area contributed by atoms with Crippen LogP contribution in [-0.4, -0.2) is 10.9 Å². The molecule has 1 heterocycles. The van der Waals surface area contributed by atoms with Gasteiger partial charge in [-0.2, -0.15) is 0 Å². The van der Waals surface area contributed by atoms with Crippen molar-refractivity contribution in [3.8, 4) is 11.5 Å². The maximum absolute atomic E-state index is 12.5. The second kappa shape index (κ2) is 7.47. The third-order valence-corrected chi connectivity index (χ3v) is 5.21. The first-order valence-corrected chi connectivity index (χ1v) is 9.47. The van der Waals surface area contributed by atoms with E-state index in [2.05, 4.69) is 10.3 Å². The van der Waals surface area contributed by atoms with E-state index in [0.717, 1.165) is 5.56 Å². The fourth-order valence-corrected chi connectivity index (χ4v) is 3.27. The highest BCUT2D eigenvalue weighted by Crippen LogP contribution is 2.33. The van der Waals surface area contributed by atoms with E-state index in [1.807, 2.05) is 6.92 Å². The lowest BCUT2D eigenvalue weighted by Gasteiger charge is -2.06. The zero-order valence-electron chi connectivity index (χ0n) is 14.6. The Morgan fingerprint density at radius 2 is 1.79 bits per heavy atom. The van der Waals surface area contributed by atoms with E-state index in [-0.39, 0.29) is 5.91 Å². The molecule has 0 saturated carbocycles. The Morgan fingerprint density at radius 3 is 2.57 bits per heavy atom. The molecule has 4 nitrogen and oxygen atoms in total. The van der Waals surface area contributed by atoms with Crippen LogP contribution in [0.5, 0.6) is 0 Å². The Balaban J connectivity index is 1.63. The van der Waals surface area contributed by atoms with Crippen molar-refractivity contribution in [3.05, 3.63) is 80.8 Å². The Labute approximate surface area is 176 Å². The number of hydrogen-bond acceptors (Lipinski definition) is 3. The Morgan fingerprint density at radius 1 is 0.964 bits per heavy atom. The van der Waals surface area contributed by atoms with Crippen LogP contribution in [0.1, 0.15) is 15.9 Å². The molecule has 0 bridgehead atoms. The summed E-state index contributed by atoms with van der Waals surface area (Å²) in [4.78, 5) is 16.9. The molecule has 4 aromatic rings. The molecule has 28 heavy (non-hydrogen) atoms. The van der Waals surface area contributed by atoms with Gasteiger partial charge in [0.1, 0.15) is 5.52 Å². The number of benzene rings is 3. The van der Waals surface area contributed by atoms with Crippen LogP contribution < -0.4 is 5.32 Å². The van der Waals surface area contributed by atoms with E-state index in [4.69, 9.17) is 39.2 Å². The summed E-state index contributed by atoms with van der Waals surface area (Å²) >= 11 is 18.4. The number of rotatable bonds is 3. The minimum Gasteiger partial charge on any atom is -0.436 e. The predicted molar refractivity (Wildman–Crippen MR) is 114 cm³/mol. The van der Waals surface area contributed by atoms with E-state index in [0.29, 0.717) is 48.9 Å². The van der Waals surface area contributed by atoms with Gasteiger partial charge in [0.25, 0.3) is 5.91 Å². The number of anilines is 1. The minimum absolute atomic E-state index is 0.261. The first-order chi connectivity index (χ1) is 13.4. The Kier molecular flexibility index (Phi) is 5.02. The Hall–Kier alpha value is -2.53. The van der Waals surface area contributed by atoms with Crippen LogP contribution >= 0.6 is 34.8 Å². The normalized spacial score (nSPS) is 11.0. The lowest BCUT2D eigenvalue weighted by molar-refractivity contribution is 0.102. The average molecular weight is 432 g/mol. The minimum atomic E-state index is -0.261. The van der Waals surface area contributed by atoms with Gasteiger partial charge in [0.15, 0.2) is 5.58 Å². The lowest BCUT2D eigenvalue weighted by Crippen LogP contribution is -2.11. The van der Waals surface area contributed by atoms with E-state index in [1.165, 1.54) is 0 Å². The van der Waals surface area contributed by atoms with E-state index in [1.54, 1.807) is 54.6 Å². The van der Waals surface area contributed by atoms with E-state index >= 15 is 0 Å². The lowest BCUT2D eigenvalue weighted by atomic mass is 10.1. The van der Waals surface area contributed by atoms with Gasteiger partial charge in [0, 0.05) is 21.3 Å². The molecule has 0 fully saturated rings. The summed E-state index contributed by atoms with van der Waals surface area (Å²) < 4.78 is 5.78. The van der Waals surface area contributed by atoms with Crippen molar-refractivity contribution in [2.75, 3.05) is 5.32 Å². The van der Waals surface area contributed by atoms with Gasteiger partial charge >= 0.3 is 0 Å². The predicted octanol–water partition coefficient (Wildman–Crippen LogP) is 7.02. The van der Waals surface area contributed by atoms with Crippen molar-refractivity contribution in [1.29, 1.82) is 0 Å². The average Bonchev–Trinajstić information content (AvgIpc) is 3.09. The summed E-state index contributed by atoms with van der Waals surface area (Å²) in [6, 6.07) is 15.5. The summed E-state index contributed by atoms with van der Waals surface area (Å²) in [7, 11) is 0. The SMILES string of the molecule is Cc1ccc(C(=O)Nc2ccc3oc(-c4cc(Cl)ccc4Cl)nc3c2)cc1Cl. The van der Waals surface area contributed by atoms with Crippen LogP contribution in [-0.2, 0) is 0 Å².